The molecule has 0 amide bonds. The van der Waals surface area contributed by atoms with Crippen LogP contribution in [0.25, 0.3) is 0 Å². The first-order chi connectivity index (χ1) is 6.77. The fourth-order valence-electron chi connectivity index (χ4n) is 0.862. The summed E-state index contributed by atoms with van der Waals surface area (Å²) >= 11 is 10.7. The van der Waals surface area contributed by atoms with E-state index in [9.17, 15) is 4.79 Å². The lowest BCUT2D eigenvalue weighted by Crippen LogP contribution is -2.09. The van der Waals surface area contributed by atoms with Crippen molar-refractivity contribution in [2.45, 2.75) is 0 Å². The summed E-state index contributed by atoms with van der Waals surface area (Å²) in [7, 11) is 0. The number of carbonyl (C=O) groups is 1. The van der Waals surface area contributed by atoms with Crippen LogP contribution in [0.15, 0.2) is 24.3 Å². The smallest absolute Gasteiger partial charge is 0.326 e. The maximum absolute atomic E-state index is 10.9. The van der Waals surface area contributed by atoms with Crippen molar-refractivity contribution in [1.82, 2.24) is 0 Å². The quantitative estimate of drug-likeness (QED) is 0.456. The number of rotatable bonds is 4. The van der Waals surface area contributed by atoms with E-state index < -0.39 is 5.97 Å². The van der Waals surface area contributed by atoms with Gasteiger partial charge in [0.2, 0.25) is 0 Å². The lowest BCUT2D eigenvalue weighted by atomic mass is 10.3. The fraction of sp³-hybridized carbons (Fsp3) is 0.222. The molecule has 14 heavy (non-hydrogen) atoms. The highest BCUT2D eigenvalue weighted by molar-refractivity contribution is 6.26. The fourth-order valence-corrected chi connectivity index (χ4v) is 1.03. The molecule has 0 aliphatic rings. The molecule has 0 unspecified atom stereocenters. The van der Waals surface area contributed by atoms with Gasteiger partial charge < -0.3 is 9.47 Å². The number of esters is 1. The number of alkyl halides is 2. The minimum absolute atomic E-state index is 0.00452. The molecule has 0 saturated heterocycles. The molecule has 0 heterocycles. The molecule has 0 aliphatic heterocycles. The molecule has 0 bridgehead atoms. The molecule has 76 valence electrons. The average molecular weight is 235 g/mol. The molecule has 0 aliphatic carbocycles. The van der Waals surface area contributed by atoms with Gasteiger partial charge in [-0.3, -0.25) is 4.79 Å². The molecular weight excluding hydrogens is 227 g/mol. The van der Waals surface area contributed by atoms with Gasteiger partial charge in [-0.2, -0.15) is 0 Å². The Balaban J connectivity index is 2.78. The molecule has 0 atom stereocenters. The van der Waals surface area contributed by atoms with E-state index in [4.69, 9.17) is 32.7 Å². The number of halogens is 2. The molecule has 3 nitrogen and oxygen atoms in total. The zero-order chi connectivity index (χ0) is 10.4. The van der Waals surface area contributed by atoms with Gasteiger partial charge >= 0.3 is 5.97 Å². The summed E-state index contributed by atoms with van der Waals surface area (Å²) in [4.78, 5) is 10.9. The van der Waals surface area contributed by atoms with Gasteiger partial charge in [-0.05, 0) is 12.1 Å². The van der Waals surface area contributed by atoms with Crippen LogP contribution >= 0.6 is 23.2 Å². The molecule has 1 rings (SSSR count). The second kappa shape index (κ2) is 5.73. The molecule has 0 radical (unpaired) electrons. The Morgan fingerprint density at radius 2 is 1.86 bits per heavy atom. The van der Waals surface area contributed by atoms with Crippen LogP contribution in [-0.2, 0) is 4.79 Å². The van der Waals surface area contributed by atoms with Crippen molar-refractivity contribution in [1.29, 1.82) is 0 Å². The van der Waals surface area contributed by atoms with Crippen molar-refractivity contribution in [3.8, 4) is 11.5 Å². The van der Waals surface area contributed by atoms with E-state index in [2.05, 4.69) is 0 Å². The van der Waals surface area contributed by atoms with Crippen molar-refractivity contribution < 1.29 is 14.3 Å². The number of para-hydroxylation sites is 2. The third-order valence-corrected chi connectivity index (χ3v) is 1.72. The minimum atomic E-state index is -0.530. The number of hydrogen-bond acceptors (Lipinski definition) is 3. The van der Waals surface area contributed by atoms with Crippen molar-refractivity contribution >= 4 is 29.2 Å². The lowest BCUT2D eigenvalue weighted by molar-refractivity contribution is -0.131. The Morgan fingerprint density at radius 3 is 2.43 bits per heavy atom. The van der Waals surface area contributed by atoms with Crippen LogP contribution in [0, 0.1) is 0 Å². The maximum atomic E-state index is 10.9. The predicted octanol–water partition coefficient (Wildman–Crippen LogP) is 2.41. The van der Waals surface area contributed by atoms with Crippen molar-refractivity contribution in [2.75, 3.05) is 11.9 Å². The molecule has 5 heteroatoms. The Morgan fingerprint density at radius 1 is 1.21 bits per heavy atom. The normalized spacial score (nSPS) is 9.57. The van der Waals surface area contributed by atoms with Crippen LogP contribution in [0.2, 0.25) is 0 Å². The van der Waals surface area contributed by atoms with E-state index in [-0.39, 0.29) is 11.9 Å². The first-order valence-electron chi connectivity index (χ1n) is 3.82. The van der Waals surface area contributed by atoms with E-state index in [1.54, 1.807) is 24.3 Å². The highest BCUT2D eigenvalue weighted by atomic mass is 35.5. The van der Waals surface area contributed by atoms with Gasteiger partial charge in [-0.1, -0.05) is 23.7 Å². The molecule has 0 N–H and O–H groups in total. The summed E-state index contributed by atoms with van der Waals surface area (Å²) in [5.74, 6) is 0.00641. The van der Waals surface area contributed by atoms with Gasteiger partial charge in [0.25, 0.3) is 0 Å². The predicted molar refractivity (Wildman–Crippen MR) is 54.1 cm³/mol. The topological polar surface area (TPSA) is 35.5 Å². The van der Waals surface area contributed by atoms with E-state index in [1.165, 1.54) is 0 Å². The van der Waals surface area contributed by atoms with Gasteiger partial charge in [-0.25, -0.2) is 0 Å². The zero-order valence-corrected chi connectivity index (χ0v) is 8.72. The van der Waals surface area contributed by atoms with E-state index >= 15 is 0 Å². The summed E-state index contributed by atoms with van der Waals surface area (Å²) in [6.45, 7) is 0. The van der Waals surface area contributed by atoms with E-state index in [0.29, 0.717) is 11.5 Å². The largest absolute Gasteiger partial charge is 0.474 e. The molecule has 1 aromatic rings. The van der Waals surface area contributed by atoms with Gasteiger partial charge in [0.05, 0.1) is 0 Å². The van der Waals surface area contributed by atoms with E-state index in [1.807, 2.05) is 0 Å². The molecule has 1 aromatic carbocycles. The van der Waals surface area contributed by atoms with Crippen LogP contribution in [0.3, 0.4) is 0 Å². The van der Waals surface area contributed by atoms with E-state index in [0.717, 1.165) is 0 Å². The van der Waals surface area contributed by atoms with Gasteiger partial charge in [0.1, 0.15) is 5.88 Å². The van der Waals surface area contributed by atoms with Crippen molar-refractivity contribution in [3.05, 3.63) is 24.3 Å². The van der Waals surface area contributed by atoms with Crippen LogP contribution < -0.4 is 9.47 Å². The molecular formula is C9H8Cl2O3. The van der Waals surface area contributed by atoms with Crippen molar-refractivity contribution in [3.63, 3.8) is 0 Å². The Bertz CT molecular complexity index is 315. The minimum Gasteiger partial charge on any atom is -0.474 e. The zero-order valence-electron chi connectivity index (χ0n) is 7.20. The number of carbonyl (C=O) groups excluding carboxylic acids is 1. The summed E-state index contributed by atoms with van der Waals surface area (Å²) in [6.07, 6.45) is 0. The van der Waals surface area contributed by atoms with Gasteiger partial charge in [-0.15, -0.1) is 11.6 Å². The summed E-state index contributed by atoms with van der Waals surface area (Å²) < 4.78 is 9.92. The monoisotopic (exact) mass is 234 g/mol. The first-order valence-corrected chi connectivity index (χ1v) is 4.89. The highest BCUT2D eigenvalue weighted by Gasteiger charge is 2.07. The lowest BCUT2D eigenvalue weighted by Gasteiger charge is -2.08. The number of ether oxygens (including phenoxy) is 2. The maximum Gasteiger partial charge on any atom is 0.326 e. The van der Waals surface area contributed by atoms with Gasteiger partial charge in [0, 0.05) is 0 Å². The van der Waals surface area contributed by atoms with Crippen LogP contribution in [0.4, 0.5) is 0 Å². The Kier molecular flexibility index (Phi) is 4.56. The third-order valence-electron chi connectivity index (χ3n) is 1.39. The standard InChI is InChI=1S/C9H8Cl2O3/c10-5-9(12)14-8-4-2-1-3-7(8)13-6-11/h1-4H,5-6H2. The molecule has 0 aromatic heterocycles. The third kappa shape index (κ3) is 3.09. The molecule has 0 spiro atoms. The molecule has 0 saturated carbocycles. The number of benzene rings is 1. The first kappa shape index (κ1) is 11.1. The second-order valence-electron chi connectivity index (χ2n) is 2.31. The second-order valence-corrected chi connectivity index (χ2v) is 2.79. The summed E-state index contributed by atoms with van der Waals surface area (Å²) in [6, 6.07) is 6.72. The van der Waals surface area contributed by atoms with Crippen LogP contribution in [0.1, 0.15) is 0 Å². The SMILES string of the molecule is O=C(CCl)Oc1ccccc1OCCl. The van der Waals surface area contributed by atoms with Gasteiger partial charge in [0.15, 0.2) is 17.6 Å². The Labute approximate surface area is 91.5 Å². The highest BCUT2D eigenvalue weighted by Crippen LogP contribution is 2.26. The van der Waals surface area contributed by atoms with Crippen LogP contribution in [0.5, 0.6) is 11.5 Å². The van der Waals surface area contributed by atoms with Crippen molar-refractivity contribution in [2.24, 2.45) is 0 Å². The Hall–Kier alpha value is -0.930. The number of hydrogen-bond donors (Lipinski definition) is 0. The van der Waals surface area contributed by atoms with Crippen LogP contribution in [-0.4, -0.2) is 17.9 Å². The summed E-state index contributed by atoms with van der Waals surface area (Å²) in [5, 5.41) is 0. The average Bonchev–Trinajstić information content (AvgIpc) is 2.21. The summed E-state index contributed by atoms with van der Waals surface area (Å²) in [5.41, 5.74) is 0. The molecule has 0 fully saturated rings.